The van der Waals surface area contributed by atoms with E-state index in [9.17, 15) is 9.90 Å². The van der Waals surface area contributed by atoms with Crippen LogP contribution in [0, 0.1) is 29.6 Å². The van der Waals surface area contributed by atoms with E-state index < -0.39 is 5.60 Å². The minimum absolute atomic E-state index is 0.155. The number of esters is 1. The Morgan fingerprint density at radius 1 is 1.32 bits per heavy atom. The van der Waals surface area contributed by atoms with Crippen molar-refractivity contribution in [3.05, 3.63) is 29.3 Å². The molecular formula is C22H26O3. The fourth-order valence-electron chi connectivity index (χ4n) is 6.04. The molecule has 0 unspecified atom stereocenters. The molecule has 0 aliphatic heterocycles. The van der Waals surface area contributed by atoms with Crippen molar-refractivity contribution < 1.29 is 14.6 Å². The van der Waals surface area contributed by atoms with Gasteiger partial charge in [0.05, 0.1) is 0 Å². The zero-order valence-corrected chi connectivity index (χ0v) is 15.0. The molecular weight excluding hydrogens is 312 g/mol. The highest BCUT2D eigenvalue weighted by atomic mass is 16.5. The second kappa shape index (κ2) is 5.61. The molecule has 3 nitrogen and oxygen atoms in total. The molecule has 1 aromatic rings. The van der Waals surface area contributed by atoms with Gasteiger partial charge < -0.3 is 9.84 Å². The number of ether oxygens (including phenoxy) is 1. The van der Waals surface area contributed by atoms with Crippen LogP contribution in [0.3, 0.4) is 0 Å². The van der Waals surface area contributed by atoms with Crippen molar-refractivity contribution in [3.63, 3.8) is 0 Å². The van der Waals surface area contributed by atoms with Gasteiger partial charge in [0.1, 0.15) is 11.4 Å². The van der Waals surface area contributed by atoms with Crippen LogP contribution < -0.4 is 4.74 Å². The van der Waals surface area contributed by atoms with Crippen molar-refractivity contribution in [1.29, 1.82) is 0 Å². The number of hydrogen-bond acceptors (Lipinski definition) is 3. The zero-order valence-electron chi connectivity index (χ0n) is 15.0. The van der Waals surface area contributed by atoms with Crippen molar-refractivity contribution in [2.24, 2.45) is 17.3 Å². The van der Waals surface area contributed by atoms with E-state index in [2.05, 4.69) is 18.9 Å². The molecule has 3 aliphatic carbocycles. The molecule has 0 radical (unpaired) electrons. The van der Waals surface area contributed by atoms with Crippen molar-refractivity contribution in [2.75, 3.05) is 0 Å². The molecule has 0 heterocycles. The van der Waals surface area contributed by atoms with Gasteiger partial charge in [0.2, 0.25) is 0 Å². The number of rotatable bonds is 1. The Kier molecular flexibility index (Phi) is 3.74. The van der Waals surface area contributed by atoms with Crippen LogP contribution in [0.4, 0.5) is 0 Å². The van der Waals surface area contributed by atoms with Gasteiger partial charge >= 0.3 is 5.97 Å². The van der Waals surface area contributed by atoms with Gasteiger partial charge in [-0.25, -0.2) is 0 Å². The molecule has 1 aromatic carbocycles. The summed E-state index contributed by atoms with van der Waals surface area (Å²) in [5.41, 5.74) is 1.62. The third-order valence-corrected chi connectivity index (χ3v) is 7.35. The summed E-state index contributed by atoms with van der Waals surface area (Å²) in [5.74, 6) is 4.72. The van der Waals surface area contributed by atoms with E-state index in [1.54, 1.807) is 0 Å². The lowest BCUT2D eigenvalue weighted by Crippen LogP contribution is -2.50. The first kappa shape index (κ1) is 16.7. The van der Waals surface area contributed by atoms with Gasteiger partial charge in [-0.15, -0.1) is 6.42 Å². The molecule has 3 aliphatic rings. The van der Waals surface area contributed by atoms with Gasteiger partial charge in [-0.3, -0.25) is 4.79 Å². The van der Waals surface area contributed by atoms with Crippen LogP contribution in [0.1, 0.15) is 63.0 Å². The summed E-state index contributed by atoms with van der Waals surface area (Å²) in [6.45, 7) is 3.64. The number of carbonyl (C=O) groups is 1. The zero-order chi connectivity index (χ0) is 17.8. The number of aryl methyl sites for hydroxylation is 1. The molecule has 2 saturated carbocycles. The molecule has 0 bridgehead atoms. The average Bonchev–Trinajstić information content (AvgIpc) is 2.86. The summed E-state index contributed by atoms with van der Waals surface area (Å²) in [5, 5.41) is 11.0. The SMILES string of the molecule is C#C[C@@]1(O)CC[C@@H]2[C@H]3CCc4cc(OC(C)=O)ccc4[C@@H]3CC[C@]21C. The van der Waals surface area contributed by atoms with E-state index in [0.29, 0.717) is 23.5 Å². The monoisotopic (exact) mass is 338 g/mol. The molecule has 0 aromatic heterocycles. The summed E-state index contributed by atoms with van der Waals surface area (Å²) in [4.78, 5) is 11.2. The van der Waals surface area contributed by atoms with E-state index in [1.165, 1.54) is 18.1 Å². The van der Waals surface area contributed by atoms with Crippen molar-refractivity contribution >= 4 is 5.97 Å². The predicted octanol–water partition coefficient (Wildman–Crippen LogP) is 3.83. The highest BCUT2D eigenvalue weighted by Gasteiger charge is 2.61. The minimum Gasteiger partial charge on any atom is -0.427 e. The Morgan fingerprint density at radius 3 is 2.84 bits per heavy atom. The van der Waals surface area contributed by atoms with E-state index in [-0.39, 0.29) is 11.4 Å². The smallest absolute Gasteiger partial charge is 0.308 e. The van der Waals surface area contributed by atoms with E-state index in [1.807, 2.05) is 12.1 Å². The number of fused-ring (bicyclic) bond motifs is 5. The minimum atomic E-state index is -0.942. The van der Waals surface area contributed by atoms with Crippen LogP contribution in [0.2, 0.25) is 0 Å². The first-order valence-electron chi connectivity index (χ1n) is 9.39. The molecule has 132 valence electrons. The molecule has 25 heavy (non-hydrogen) atoms. The summed E-state index contributed by atoms with van der Waals surface area (Å²) in [6.07, 6.45) is 11.7. The Bertz CT molecular complexity index is 761. The van der Waals surface area contributed by atoms with Crippen molar-refractivity contribution in [2.45, 2.75) is 63.9 Å². The van der Waals surface area contributed by atoms with Gasteiger partial charge in [0.25, 0.3) is 0 Å². The van der Waals surface area contributed by atoms with E-state index in [4.69, 9.17) is 11.2 Å². The average molecular weight is 338 g/mol. The van der Waals surface area contributed by atoms with Crippen LogP contribution in [-0.4, -0.2) is 16.7 Å². The lowest BCUT2D eigenvalue weighted by molar-refractivity contribution is -0.131. The third-order valence-electron chi connectivity index (χ3n) is 7.35. The number of terminal acetylenes is 1. The van der Waals surface area contributed by atoms with Crippen LogP contribution in [0.15, 0.2) is 18.2 Å². The van der Waals surface area contributed by atoms with Gasteiger partial charge in [0.15, 0.2) is 0 Å². The van der Waals surface area contributed by atoms with E-state index in [0.717, 1.165) is 38.5 Å². The number of carbonyl (C=O) groups excluding carboxylic acids is 1. The highest BCUT2D eigenvalue weighted by molar-refractivity contribution is 5.69. The third kappa shape index (κ3) is 2.34. The topological polar surface area (TPSA) is 46.5 Å². The molecule has 3 heteroatoms. The summed E-state index contributed by atoms with van der Waals surface area (Å²) in [6, 6.07) is 6.10. The van der Waals surface area contributed by atoms with Crippen molar-refractivity contribution in [1.82, 2.24) is 0 Å². The van der Waals surface area contributed by atoms with E-state index >= 15 is 0 Å². The Hall–Kier alpha value is -1.79. The maximum Gasteiger partial charge on any atom is 0.308 e. The standard InChI is InChI=1S/C22H26O3/c1-4-22(24)12-10-20-19-7-5-15-13-16(25-14(2)23)6-8-17(15)18(19)9-11-21(20,22)3/h1,6,8,13,18-20,24H,5,7,9-12H2,2-3H3/t18-,19-,20+,21+,22+/m0/s1. The van der Waals surface area contributed by atoms with Gasteiger partial charge in [-0.2, -0.15) is 0 Å². The molecule has 4 rings (SSSR count). The Balaban J connectivity index is 1.65. The summed E-state index contributed by atoms with van der Waals surface area (Å²) >= 11 is 0. The summed E-state index contributed by atoms with van der Waals surface area (Å²) in [7, 11) is 0. The molecule has 0 saturated heterocycles. The highest BCUT2D eigenvalue weighted by Crippen LogP contribution is 2.64. The first-order valence-corrected chi connectivity index (χ1v) is 9.39. The number of benzene rings is 1. The van der Waals surface area contributed by atoms with Crippen LogP contribution in [0.25, 0.3) is 0 Å². The maximum absolute atomic E-state index is 11.2. The van der Waals surface area contributed by atoms with Gasteiger partial charge in [0, 0.05) is 12.3 Å². The van der Waals surface area contributed by atoms with Crippen LogP contribution >= 0.6 is 0 Å². The molecule has 1 N–H and O–H groups in total. The molecule has 5 atom stereocenters. The largest absolute Gasteiger partial charge is 0.427 e. The number of hydrogen-bond donors (Lipinski definition) is 1. The Morgan fingerprint density at radius 2 is 2.12 bits per heavy atom. The van der Waals surface area contributed by atoms with Crippen molar-refractivity contribution in [3.8, 4) is 18.1 Å². The van der Waals surface area contributed by atoms with Crippen LogP contribution in [-0.2, 0) is 11.2 Å². The Labute approximate surface area is 149 Å². The lowest BCUT2D eigenvalue weighted by atomic mass is 9.53. The second-order valence-electron chi connectivity index (χ2n) is 8.37. The van der Waals surface area contributed by atoms with Gasteiger partial charge in [-0.1, -0.05) is 18.9 Å². The second-order valence-corrected chi connectivity index (χ2v) is 8.37. The first-order chi connectivity index (χ1) is 11.9. The maximum atomic E-state index is 11.2. The summed E-state index contributed by atoms with van der Waals surface area (Å²) < 4.78 is 5.25. The number of aliphatic hydroxyl groups is 1. The quantitative estimate of drug-likeness (QED) is 0.481. The van der Waals surface area contributed by atoms with Crippen LogP contribution in [0.5, 0.6) is 5.75 Å². The normalized spacial score (nSPS) is 38.9. The molecule has 0 spiro atoms. The predicted molar refractivity (Wildman–Crippen MR) is 96.2 cm³/mol. The fraction of sp³-hybridized carbons (Fsp3) is 0.591. The molecule has 2 fully saturated rings. The lowest BCUT2D eigenvalue weighted by Gasteiger charge is -2.52. The van der Waals surface area contributed by atoms with Gasteiger partial charge in [-0.05, 0) is 79.5 Å². The molecule has 0 amide bonds. The fourth-order valence-corrected chi connectivity index (χ4v) is 6.04.